The van der Waals surface area contributed by atoms with E-state index in [1.54, 1.807) is 0 Å². The SMILES string of the molecule is C=C1C=CC(C(/C=C/C=C(c2ccc(N(CC)CC)cc2)c2ccc(N(CC)CC)cc2)c2ccc(N(CC)CC)cc2)C=C1.FB(F)F.[F-]. The van der Waals surface area contributed by atoms with E-state index in [0.29, 0.717) is 0 Å². The first-order valence-corrected chi connectivity index (χ1v) is 17.6. The van der Waals surface area contributed by atoms with Gasteiger partial charge in [0.1, 0.15) is 0 Å². The lowest BCUT2D eigenvalue weighted by atomic mass is 9.82. The second kappa shape index (κ2) is 21.6. The third-order valence-electron chi connectivity index (χ3n) is 9.08. The highest BCUT2D eigenvalue weighted by Gasteiger charge is 2.19. The van der Waals surface area contributed by atoms with Gasteiger partial charge in [0.2, 0.25) is 0 Å². The first-order valence-electron chi connectivity index (χ1n) is 17.6. The number of hydrogen-bond acceptors (Lipinski definition) is 3. The zero-order valence-corrected chi connectivity index (χ0v) is 30.5. The largest absolute Gasteiger partial charge is 1.00 e. The molecule has 8 heteroatoms. The van der Waals surface area contributed by atoms with E-state index in [1.165, 1.54) is 39.3 Å². The van der Waals surface area contributed by atoms with Crippen LogP contribution < -0.4 is 19.4 Å². The summed E-state index contributed by atoms with van der Waals surface area (Å²) < 4.78 is 29.0. The fourth-order valence-corrected chi connectivity index (χ4v) is 6.30. The van der Waals surface area contributed by atoms with E-state index in [9.17, 15) is 12.9 Å². The Balaban J connectivity index is 0.00000164. The summed E-state index contributed by atoms with van der Waals surface area (Å²) in [6, 6.07) is 27.3. The fourth-order valence-electron chi connectivity index (χ4n) is 6.30. The highest BCUT2D eigenvalue weighted by molar-refractivity contribution is 6.33. The summed E-state index contributed by atoms with van der Waals surface area (Å²) in [4.78, 5) is 7.18. The Morgan fingerprint density at radius 3 is 1.32 bits per heavy atom. The summed E-state index contributed by atoms with van der Waals surface area (Å²) in [6.07, 6.45) is 15.8. The van der Waals surface area contributed by atoms with Crippen molar-refractivity contribution >= 4 is 30.2 Å². The topological polar surface area (TPSA) is 9.72 Å². The van der Waals surface area contributed by atoms with Crippen molar-refractivity contribution in [2.24, 2.45) is 5.92 Å². The van der Waals surface area contributed by atoms with Gasteiger partial charge in [0, 0.05) is 68.2 Å². The van der Waals surface area contributed by atoms with E-state index >= 15 is 0 Å². The second-order valence-corrected chi connectivity index (χ2v) is 11.8. The van der Waals surface area contributed by atoms with Crippen molar-refractivity contribution in [3.05, 3.63) is 144 Å². The highest BCUT2D eigenvalue weighted by Crippen LogP contribution is 2.33. The third kappa shape index (κ3) is 11.9. The maximum atomic E-state index is 9.67. The minimum atomic E-state index is -3.67. The predicted molar refractivity (Wildman–Crippen MR) is 209 cm³/mol. The molecule has 50 heavy (non-hydrogen) atoms. The van der Waals surface area contributed by atoms with Crippen LogP contribution in [0.5, 0.6) is 0 Å². The molecule has 3 aromatic carbocycles. The molecule has 3 aromatic rings. The molecule has 1 aliphatic carbocycles. The summed E-state index contributed by atoms with van der Waals surface area (Å²) in [5.41, 5.74) is 9.84. The van der Waals surface area contributed by atoms with Crippen molar-refractivity contribution in [1.82, 2.24) is 0 Å². The number of nitrogens with zero attached hydrogens (tertiary/aromatic N) is 3. The van der Waals surface area contributed by atoms with Gasteiger partial charge in [0.25, 0.3) is 0 Å². The highest BCUT2D eigenvalue weighted by atomic mass is 19.4. The van der Waals surface area contributed by atoms with Crippen molar-refractivity contribution in [1.29, 1.82) is 0 Å². The molecule has 0 amide bonds. The van der Waals surface area contributed by atoms with Gasteiger partial charge in [-0.25, -0.2) is 0 Å². The van der Waals surface area contributed by atoms with E-state index in [4.69, 9.17) is 0 Å². The Morgan fingerprint density at radius 2 is 0.980 bits per heavy atom. The number of hydrogen-bond donors (Lipinski definition) is 0. The molecular weight excluding hydrogens is 633 g/mol. The summed E-state index contributed by atoms with van der Waals surface area (Å²) in [5, 5.41) is 0. The molecule has 268 valence electrons. The first kappa shape index (κ1) is 41.7. The van der Waals surface area contributed by atoms with Crippen LogP contribution in [0.2, 0.25) is 0 Å². The first-order chi connectivity index (χ1) is 23.7. The van der Waals surface area contributed by atoms with Crippen LogP contribution in [0.3, 0.4) is 0 Å². The molecule has 0 heterocycles. The minimum Gasteiger partial charge on any atom is -1.00 e. The number of allylic oxidation sites excluding steroid dienone is 8. The standard InChI is InChI=1S/C42H53N3.BF3.FH/c1-8-43(9-2)38-27-21-35(22-28-38)41(34-19-17-33(7)18-20-34)15-14-16-42(36-23-29-39(30-24-36)44(10-3)11-4)37-25-31-40(32-26-37)45(12-5)13-6;2-1(3)4;/h14-32,34,41H,7-13H2,1-6H3;;1H/p-1/b15-14+;;. The predicted octanol–water partition coefficient (Wildman–Crippen LogP) is 8.18. The maximum absolute atomic E-state index is 9.67. The van der Waals surface area contributed by atoms with Gasteiger partial charge in [0.15, 0.2) is 0 Å². The lowest BCUT2D eigenvalue weighted by Crippen LogP contribution is -3.00. The van der Waals surface area contributed by atoms with Crippen LogP contribution in [0.25, 0.3) is 5.57 Å². The van der Waals surface area contributed by atoms with Crippen LogP contribution >= 0.6 is 0 Å². The molecule has 0 bridgehead atoms. The van der Waals surface area contributed by atoms with Crippen molar-refractivity contribution < 1.29 is 17.7 Å². The van der Waals surface area contributed by atoms with Crippen molar-refractivity contribution in [2.45, 2.75) is 47.5 Å². The fraction of sp³-hybridized carbons (Fsp3) is 0.333. The van der Waals surface area contributed by atoms with E-state index in [0.717, 1.165) is 44.8 Å². The third-order valence-corrected chi connectivity index (χ3v) is 9.08. The molecule has 0 spiro atoms. The summed E-state index contributed by atoms with van der Waals surface area (Å²) in [6.45, 7) is 23.4. The van der Waals surface area contributed by atoms with Crippen LogP contribution in [-0.4, -0.2) is 46.8 Å². The average molecular weight is 687 g/mol. The summed E-state index contributed by atoms with van der Waals surface area (Å²) in [7, 11) is -3.67. The maximum Gasteiger partial charge on any atom is 0.762 e. The molecule has 4 rings (SSSR count). The summed E-state index contributed by atoms with van der Waals surface area (Å²) in [5.74, 6) is 0.480. The molecule has 3 nitrogen and oxygen atoms in total. The zero-order chi connectivity index (χ0) is 35.8. The lowest BCUT2D eigenvalue weighted by Gasteiger charge is -2.24. The molecule has 0 aliphatic heterocycles. The smallest absolute Gasteiger partial charge is 0.762 e. The summed E-state index contributed by atoms with van der Waals surface area (Å²) >= 11 is 0. The van der Waals surface area contributed by atoms with Gasteiger partial charge < -0.3 is 19.4 Å². The molecule has 0 fully saturated rings. The van der Waals surface area contributed by atoms with Crippen LogP contribution in [-0.2, 0) is 0 Å². The number of benzene rings is 3. The molecule has 1 unspecified atom stereocenters. The van der Waals surface area contributed by atoms with Gasteiger partial charge in [-0.15, -0.1) is 0 Å². The molecule has 0 radical (unpaired) electrons. The van der Waals surface area contributed by atoms with Gasteiger partial charge in [-0.2, -0.15) is 0 Å². The number of halogens is 4. The van der Waals surface area contributed by atoms with Crippen LogP contribution in [0.15, 0.2) is 127 Å². The van der Waals surface area contributed by atoms with Gasteiger partial charge in [-0.1, -0.05) is 85.5 Å². The van der Waals surface area contributed by atoms with Gasteiger partial charge in [0.05, 0.1) is 0 Å². The van der Waals surface area contributed by atoms with Crippen LogP contribution in [0.4, 0.5) is 30.0 Å². The Hall–Kier alpha value is -4.46. The second-order valence-electron chi connectivity index (χ2n) is 11.8. The Bertz CT molecular complexity index is 1460. The normalized spacial score (nSPS) is 12.9. The molecule has 1 atom stereocenters. The number of anilines is 3. The molecular formula is C42H53BF4N3-. The average Bonchev–Trinajstić information content (AvgIpc) is 3.11. The number of rotatable bonds is 15. The van der Waals surface area contributed by atoms with Gasteiger partial charge in [-0.05, 0) is 106 Å². The Labute approximate surface area is 298 Å². The Morgan fingerprint density at radius 1 is 0.640 bits per heavy atom. The zero-order valence-electron chi connectivity index (χ0n) is 30.5. The molecule has 0 saturated carbocycles. The minimum absolute atomic E-state index is 0. The molecule has 1 aliphatic rings. The van der Waals surface area contributed by atoms with Crippen LogP contribution in [0.1, 0.15) is 64.2 Å². The van der Waals surface area contributed by atoms with Crippen molar-refractivity contribution in [2.75, 3.05) is 54.0 Å². The van der Waals surface area contributed by atoms with E-state index < -0.39 is 7.54 Å². The van der Waals surface area contributed by atoms with Gasteiger partial charge in [-0.3, -0.25) is 12.9 Å². The van der Waals surface area contributed by atoms with E-state index in [-0.39, 0.29) is 16.5 Å². The Kier molecular flexibility index (Phi) is 18.0. The lowest BCUT2D eigenvalue weighted by molar-refractivity contribution is -0.0000127. The monoisotopic (exact) mass is 686 g/mol. The van der Waals surface area contributed by atoms with Crippen molar-refractivity contribution in [3.63, 3.8) is 0 Å². The van der Waals surface area contributed by atoms with Crippen LogP contribution in [0, 0.1) is 5.92 Å². The molecule has 0 saturated heterocycles. The van der Waals surface area contributed by atoms with Gasteiger partial charge >= 0.3 is 7.54 Å². The quantitative estimate of drug-likeness (QED) is 0.0908. The molecule has 0 aromatic heterocycles. The van der Waals surface area contributed by atoms with Crippen molar-refractivity contribution in [3.8, 4) is 0 Å². The molecule has 0 N–H and O–H groups in total. The van der Waals surface area contributed by atoms with E-state index in [2.05, 4.69) is 178 Å². The van der Waals surface area contributed by atoms with E-state index in [1.807, 2.05) is 0 Å².